The molecule has 2 aromatic heterocycles. The maximum absolute atomic E-state index is 5.79. The monoisotopic (exact) mass is 219 g/mol. The second-order valence-electron chi connectivity index (χ2n) is 3.83. The Morgan fingerprint density at radius 3 is 2.81 bits per heavy atom. The van der Waals surface area contributed by atoms with Crippen LogP contribution >= 0.6 is 0 Å². The highest BCUT2D eigenvalue weighted by Gasteiger charge is 2.13. The summed E-state index contributed by atoms with van der Waals surface area (Å²) < 4.78 is 7.56. The summed E-state index contributed by atoms with van der Waals surface area (Å²) in [4.78, 5) is 0. The number of hydrogen-bond donors (Lipinski definition) is 1. The molecule has 1 unspecified atom stereocenters. The van der Waals surface area contributed by atoms with Crippen LogP contribution in [0.5, 0.6) is 0 Å². The third-order valence-electron chi connectivity index (χ3n) is 2.69. The summed E-state index contributed by atoms with van der Waals surface area (Å²) in [6.07, 6.45) is 2.92. The van der Waals surface area contributed by atoms with Crippen molar-refractivity contribution in [2.45, 2.75) is 19.4 Å². The molecule has 0 amide bonds. The second-order valence-corrected chi connectivity index (χ2v) is 3.83. The van der Waals surface area contributed by atoms with Gasteiger partial charge < -0.3 is 9.73 Å². The van der Waals surface area contributed by atoms with E-state index in [-0.39, 0.29) is 6.04 Å². The molecule has 86 valence electrons. The molecule has 0 saturated heterocycles. The largest absolute Gasteiger partial charge is 0.458 e. The van der Waals surface area contributed by atoms with Crippen molar-refractivity contribution in [3.05, 3.63) is 30.2 Å². The zero-order valence-corrected chi connectivity index (χ0v) is 9.90. The van der Waals surface area contributed by atoms with Crippen molar-refractivity contribution in [1.29, 1.82) is 0 Å². The Hall–Kier alpha value is -1.55. The summed E-state index contributed by atoms with van der Waals surface area (Å²) in [5, 5.41) is 7.53. The van der Waals surface area contributed by atoms with E-state index < -0.39 is 0 Å². The molecule has 0 aliphatic heterocycles. The number of nitrogens with zero attached hydrogens (tertiary/aromatic N) is 2. The Balaban J connectivity index is 2.25. The smallest absolute Gasteiger partial charge is 0.154 e. The highest BCUT2D eigenvalue weighted by atomic mass is 16.3. The van der Waals surface area contributed by atoms with Gasteiger partial charge in [0, 0.05) is 13.2 Å². The van der Waals surface area contributed by atoms with Gasteiger partial charge in [0.05, 0.1) is 6.04 Å². The summed E-state index contributed by atoms with van der Waals surface area (Å²) in [6.45, 7) is 2.13. The molecule has 2 aromatic rings. The number of nitrogens with one attached hydrogen (secondary N) is 1. The van der Waals surface area contributed by atoms with Gasteiger partial charge in [-0.2, -0.15) is 5.10 Å². The van der Waals surface area contributed by atoms with Gasteiger partial charge in [-0.15, -0.1) is 0 Å². The van der Waals surface area contributed by atoms with E-state index in [1.807, 2.05) is 38.5 Å². The Labute approximate surface area is 95.3 Å². The van der Waals surface area contributed by atoms with Gasteiger partial charge in [-0.3, -0.25) is 4.68 Å². The first-order chi connectivity index (χ1) is 7.74. The van der Waals surface area contributed by atoms with Crippen LogP contribution in [0.15, 0.2) is 28.8 Å². The van der Waals surface area contributed by atoms with E-state index in [2.05, 4.69) is 17.3 Å². The normalized spacial score (nSPS) is 12.9. The molecule has 0 radical (unpaired) electrons. The lowest BCUT2D eigenvalue weighted by Crippen LogP contribution is -2.14. The van der Waals surface area contributed by atoms with E-state index in [1.54, 1.807) is 4.68 Å². The van der Waals surface area contributed by atoms with Gasteiger partial charge in [-0.25, -0.2) is 0 Å². The van der Waals surface area contributed by atoms with Crippen molar-refractivity contribution >= 4 is 0 Å². The van der Waals surface area contributed by atoms with Crippen molar-refractivity contribution in [3.8, 4) is 11.5 Å². The topological polar surface area (TPSA) is 43.0 Å². The highest BCUT2D eigenvalue weighted by molar-refractivity contribution is 5.51. The minimum Gasteiger partial charge on any atom is -0.458 e. The molecule has 4 nitrogen and oxygen atoms in total. The third-order valence-corrected chi connectivity index (χ3v) is 2.69. The molecule has 0 bridgehead atoms. The lowest BCUT2D eigenvalue weighted by Gasteiger charge is -2.09. The van der Waals surface area contributed by atoms with Crippen LogP contribution in [-0.2, 0) is 7.05 Å². The summed E-state index contributed by atoms with van der Waals surface area (Å²) in [5.41, 5.74) is 0.875. The molecular formula is C12H17N3O. The van der Waals surface area contributed by atoms with Crippen LogP contribution < -0.4 is 5.32 Å². The van der Waals surface area contributed by atoms with Crippen LogP contribution in [0.4, 0.5) is 0 Å². The number of hydrogen-bond acceptors (Lipinski definition) is 3. The fraction of sp³-hybridized carbons (Fsp3) is 0.417. The zero-order chi connectivity index (χ0) is 11.5. The molecule has 0 aromatic carbocycles. The fourth-order valence-electron chi connectivity index (χ4n) is 1.77. The SMILES string of the molecule is CCC(NC)c1ccc(-c2ccn(C)n2)o1. The van der Waals surface area contributed by atoms with Crippen molar-refractivity contribution in [1.82, 2.24) is 15.1 Å². The molecule has 2 heterocycles. The van der Waals surface area contributed by atoms with Gasteiger partial charge in [0.25, 0.3) is 0 Å². The number of aromatic nitrogens is 2. The van der Waals surface area contributed by atoms with Crippen LogP contribution in [-0.4, -0.2) is 16.8 Å². The molecule has 0 saturated carbocycles. The van der Waals surface area contributed by atoms with E-state index in [0.717, 1.165) is 23.6 Å². The summed E-state index contributed by atoms with van der Waals surface area (Å²) in [5.74, 6) is 1.79. The lowest BCUT2D eigenvalue weighted by molar-refractivity contribution is 0.430. The van der Waals surface area contributed by atoms with Gasteiger partial charge in [0.1, 0.15) is 11.5 Å². The van der Waals surface area contributed by atoms with Crippen molar-refractivity contribution in [2.75, 3.05) is 7.05 Å². The standard InChI is InChI=1S/C12H17N3O/c1-4-9(13-2)11-5-6-12(16-11)10-7-8-15(3)14-10/h5-9,13H,4H2,1-3H3. The molecule has 0 fully saturated rings. The van der Waals surface area contributed by atoms with Gasteiger partial charge in [-0.05, 0) is 31.7 Å². The maximum atomic E-state index is 5.79. The van der Waals surface area contributed by atoms with E-state index in [0.29, 0.717) is 0 Å². The molecule has 1 N–H and O–H groups in total. The molecule has 1 atom stereocenters. The first-order valence-corrected chi connectivity index (χ1v) is 5.51. The van der Waals surface area contributed by atoms with Crippen LogP contribution in [0.2, 0.25) is 0 Å². The predicted octanol–water partition coefficient (Wildman–Crippen LogP) is 2.35. The maximum Gasteiger partial charge on any atom is 0.154 e. The average molecular weight is 219 g/mol. The van der Waals surface area contributed by atoms with E-state index >= 15 is 0 Å². The van der Waals surface area contributed by atoms with Crippen molar-refractivity contribution < 1.29 is 4.42 Å². The van der Waals surface area contributed by atoms with Gasteiger partial charge in [0.15, 0.2) is 5.76 Å². The van der Waals surface area contributed by atoms with Crippen LogP contribution in [0.3, 0.4) is 0 Å². The predicted molar refractivity (Wildman–Crippen MR) is 63.0 cm³/mol. The van der Waals surface area contributed by atoms with Gasteiger partial charge >= 0.3 is 0 Å². The average Bonchev–Trinajstić information content (AvgIpc) is 2.89. The number of aryl methyl sites for hydroxylation is 1. The van der Waals surface area contributed by atoms with E-state index in [9.17, 15) is 0 Å². The van der Waals surface area contributed by atoms with Crippen molar-refractivity contribution in [2.24, 2.45) is 7.05 Å². The van der Waals surface area contributed by atoms with Gasteiger partial charge in [0.2, 0.25) is 0 Å². The highest BCUT2D eigenvalue weighted by Crippen LogP contribution is 2.25. The van der Waals surface area contributed by atoms with Gasteiger partial charge in [-0.1, -0.05) is 6.92 Å². The molecule has 16 heavy (non-hydrogen) atoms. The Morgan fingerprint density at radius 2 is 2.25 bits per heavy atom. The third kappa shape index (κ3) is 2.02. The van der Waals surface area contributed by atoms with E-state index in [4.69, 9.17) is 4.42 Å². The first kappa shape index (κ1) is 11.0. The Morgan fingerprint density at radius 1 is 1.44 bits per heavy atom. The molecule has 4 heteroatoms. The molecule has 0 spiro atoms. The van der Waals surface area contributed by atoms with Crippen molar-refractivity contribution in [3.63, 3.8) is 0 Å². The number of furan rings is 1. The quantitative estimate of drug-likeness (QED) is 0.858. The Kier molecular flexibility index (Phi) is 3.10. The minimum absolute atomic E-state index is 0.275. The Bertz CT molecular complexity index is 454. The van der Waals surface area contributed by atoms with Crippen LogP contribution in [0, 0.1) is 0 Å². The zero-order valence-electron chi connectivity index (χ0n) is 9.90. The summed E-state index contributed by atoms with van der Waals surface area (Å²) >= 11 is 0. The lowest BCUT2D eigenvalue weighted by atomic mass is 10.2. The van der Waals surface area contributed by atoms with E-state index in [1.165, 1.54) is 0 Å². The summed E-state index contributed by atoms with van der Waals surface area (Å²) in [7, 11) is 3.84. The summed E-state index contributed by atoms with van der Waals surface area (Å²) in [6, 6.07) is 6.20. The fourth-order valence-corrected chi connectivity index (χ4v) is 1.77. The minimum atomic E-state index is 0.275. The molecular weight excluding hydrogens is 202 g/mol. The molecule has 2 rings (SSSR count). The first-order valence-electron chi connectivity index (χ1n) is 5.51. The van der Waals surface area contributed by atoms with Crippen LogP contribution in [0.25, 0.3) is 11.5 Å². The molecule has 0 aliphatic carbocycles. The molecule has 0 aliphatic rings. The second kappa shape index (κ2) is 4.53. The number of rotatable bonds is 4. The van der Waals surface area contributed by atoms with Crippen LogP contribution in [0.1, 0.15) is 25.1 Å².